The van der Waals surface area contributed by atoms with E-state index in [1.54, 1.807) is 4.90 Å². The number of nitrogens with one attached hydrogen (secondary N) is 1. The lowest BCUT2D eigenvalue weighted by molar-refractivity contribution is -0.134. The number of anilines is 1. The Morgan fingerprint density at radius 2 is 1.72 bits per heavy atom. The van der Waals surface area contributed by atoms with Gasteiger partial charge in [-0.3, -0.25) is 14.9 Å². The quantitative estimate of drug-likeness (QED) is 0.701. The van der Waals surface area contributed by atoms with Gasteiger partial charge in [-0.25, -0.2) is 13.6 Å². The number of carbonyl (C=O) groups is 3. The average Bonchev–Trinajstić information content (AvgIpc) is 2.66. The van der Waals surface area contributed by atoms with Crippen LogP contribution in [0.3, 0.4) is 0 Å². The Morgan fingerprint density at radius 3 is 2.25 bits per heavy atom. The van der Waals surface area contributed by atoms with Crippen molar-refractivity contribution in [3.63, 3.8) is 0 Å². The van der Waals surface area contributed by atoms with Gasteiger partial charge in [0.2, 0.25) is 11.8 Å². The molecule has 1 aromatic carbocycles. The molecule has 3 amide bonds. The molecular formula is C23H29F2N3O4. The summed E-state index contributed by atoms with van der Waals surface area (Å²) in [4.78, 5) is 39.2. The minimum absolute atomic E-state index is 0.0250. The number of carbonyl (C=O) groups excluding carboxylic acids is 3. The highest BCUT2D eigenvalue weighted by atomic mass is 19.1. The van der Waals surface area contributed by atoms with Crippen LogP contribution in [0, 0.1) is 17.0 Å². The van der Waals surface area contributed by atoms with Gasteiger partial charge in [0, 0.05) is 49.3 Å². The maximum atomic E-state index is 14.8. The Morgan fingerprint density at radius 1 is 1.12 bits per heavy atom. The normalized spacial score (nSPS) is 23.1. The summed E-state index contributed by atoms with van der Waals surface area (Å²) in [5, 5.41) is 2.15. The maximum Gasteiger partial charge on any atom is 0.410 e. The number of rotatable bonds is 2. The molecule has 0 aliphatic carbocycles. The van der Waals surface area contributed by atoms with Crippen molar-refractivity contribution in [2.75, 3.05) is 31.1 Å². The first-order chi connectivity index (χ1) is 15.0. The van der Waals surface area contributed by atoms with Gasteiger partial charge < -0.3 is 14.5 Å². The van der Waals surface area contributed by atoms with Gasteiger partial charge in [0.25, 0.3) is 0 Å². The van der Waals surface area contributed by atoms with E-state index in [1.165, 1.54) is 12.1 Å². The Hall–Kier alpha value is -2.71. The molecule has 7 nitrogen and oxygen atoms in total. The van der Waals surface area contributed by atoms with Crippen LogP contribution in [0.5, 0.6) is 0 Å². The van der Waals surface area contributed by atoms with Gasteiger partial charge in [-0.2, -0.15) is 0 Å². The maximum absolute atomic E-state index is 14.8. The molecule has 0 aromatic heterocycles. The second kappa shape index (κ2) is 8.01. The molecule has 0 bridgehead atoms. The third kappa shape index (κ3) is 4.42. The van der Waals surface area contributed by atoms with Gasteiger partial charge in [-0.1, -0.05) is 0 Å². The number of hydrogen-bond donors (Lipinski definition) is 1. The molecule has 0 radical (unpaired) electrons. The third-order valence-corrected chi connectivity index (χ3v) is 6.54. The molecule has 1 unspecified atom stereocenters. The first-order valence-corrected chi connectivity index (χ1v) is 11.0. The number of amides is 3. The van der Waals surface area contributed by atoms with Crippen LogP contribution in [-0.2, 0) is 14.3 Å². The van der Waals surface area contributed by atoms with Crippen molar-refractivity contribution in [2.24, 2.45) is 5.41 Å². The second-order valence-electron chi connectivity index (χ2n) is 10.2. The smallest absolute Gasteiger partial charge is 0.410 e. The Kier molecular flexibility index (Phi) is 5.63. The Bertz CT molecular complexity index is 920. The molecule has 4 rings (SSSR count). The molecule has 1 N–H and O–H groups in total. The summed E-state index contributed by atoms with van der Waals surface area (Å²) >= 11 is 0. The van der Waals surface area contributed by atoms with Crippen LogP contribution in [0.25, 0.3) is 0 Å². The van der Waals surface area contributed by atoms with Crippen molar-refractivity contribution in [1.82, 2.24) is 10.2 Å². The summed E-state index contributed by atoms with van der Waals surface area (Å²) in [6.07, 6.45) is 1.47. The van der Waals surface area contributed by atoms with E-state index in [1.807, 2.05) is 25.7 Å². The van der Waals surface area contributed by atoms with E-state index in [9.17, 15) is 23.2 Å². The molecule has 1 atom stereocenters. The van der Waals surface area contributed by atoms with Crippen LogP contribution in [0.4, 0.5) is 19.3 Å². The molecule has 3 saturated heterocycles. The van der Waals surface area contributed by atoms with E-state index in [2.05, 4.69) is 5.32 Å². The van der Waals surface area contributed by atoms with Crippen LogP contribution in [0.2, 0.25) is 0 Å². The molecule has 9 heteroatoms. The standard InChI is InChI=1S/C23H29F2N3O4/c1-22(2,3)32-21(31)28-12-23(13-28)6-8-27(9-7-23)14-10-16(24)19(17(25)11-14)15-4-5-18(29)26-20(15)30/h10-11,15H,4-9,12-13H2,1-3H3,(H,26,29,30). The first kappa shape index (κ1) is 22.5. The molecule has 32 heavy (non-hydrogen) atoms. The third-order valence-electron chi connectivity index (χ3n) is 6.54. The second-order valence-corrected chi connectivity index (χ2v) is 10.2. The molecule has 174 valence electrons. The highest BCUT2D eigenvalue weighted by Gasteiger charge is 2.48. The Labute approximate surface area is 186 Å². The summed E-state index contributed by atoms with van der Waals surface area (Å²) in [5.74, 6) is -3.62. The zero-order chi connectivity index (χ0) is 23.3. The summed E-state index contributed by atoms with van der Waals surface area (Å²) in [7, 11) is 0. The van der Waals surface area contributed by atoms with Crippen LogP contribution in [0.15, 0.2) is 12.1 Å². The number of halogens is 2. The van der Waals surface area contributed by atoms with Crippen LogP contribution < -0.4 is 10.2 Å². The molecule has 3 fully saturated rings. The SMILES string of the molecule is CC(C)(C)OC(=O)N1CC2(CCN(c3cc(F)c(C4CCC(=O)NC4=O)c(F)c3)CC2)C1. The van der Waals surface area contributed by atoms with E-state index >= 15 is 0 Å². The lowest BCUT2D eigenvalue weighted by Crippen LogP contribution is -2.62. The van der Waals surface area contributed by atoms with Gasteiger partial charge in [-0.05, 0) is 52.2 Å². The predicted molar refractivity (Wildman–Crippen MR) is 113 cm³/mol. The lowest BCUT2D eigenvalue weighted by Gasteiger charge is -2.54. The van der Waals surface area contributed by atoms with Gasteiger partial charge in [-0.15, -0.1) is 0 Å². The number of likely N-dealkylation sites (tertiary alicyclic amines) is 1. The molecule has 3 heterocycles. The predicted octanol–water partition coefficient (Wildman–Crippen LogP) is 3.32. The molecule has 0 saturated carbocycles. The fourth-order valence-corrected chi connectivity index (χ4v) is 4.83. The fourth-order valence-electron chi connectivity index (χ4n) is 4.83. The van der Waals surface area contributed by atoms with E-state index in [0.717, 1.165) is 12.8 Å². The van der Waals surface area contributed by atoms with Crippen LogP contribution in [0.1, 0.15) is 57.9 Å². The Balaban J connectivity index is 1.38. The monoisotopic (exact) mass is 449 g/mol. The van der Waals surface area contributed by atoms with Gasteiger partial charge in [0.05, 0.1) is 5.92 Å². The van der Waals surface area contributed by atoms with Gasteiger partial charge in [0.1, 0.15) is 17.2 Å². The summed E-state index contributed by atoms with van der Waals surface area (Å²) in [6, 6.07) is 2.54. The molecule has 3 aliphatic rings. The van der Waals surface area contributed by atoms with Crippen molar-refractivity contribution >= 4 is 23.6 Å². The minimum atomic E-state index is -1.000. The zero-order valence-corrected chi connectivity index (χ0v) is 18.7. The number of hydrogen-bond acceptors (Lipinski definition) is 5. The van der Waals surface area contributed by atoms with Crippen molar-refractivity contribution in [3.8, 4) is 0 Å². The topological polar surface area (TPSA) is 79.0 Å². The summed E-state index contributed by atoms with van der Waals surface area (Å²) < 4.78 is 35.1. The minimum Gasteiger partial charge on any atom is -0.444 e. The van der Waals surface area contributed by atoms with Crippen molar-refractivity contribution < 1.29 is 27.9 Å². The number of piperidine rings is 2. The lowest BCUT2D eigenvalue weighted by atomic mass is 9.72. The van der Waals surface area contributed by atoms with Crippen molar-refractivity contribution in [3.05, 3.63) is 29.3 Å². The van der Waals surface area contributed by atoms with Gasteiger partial charge in [0.15, 0.2) is 0 Å². The fraction of sp³-hybridized carbons (Fsp3) is 0.609. The van der Waals surface area contributed by atoms with Crippen molar-refractivity contribution in [2.45, 2.75) is 58.0 Å². The number of benzene rings is 1. The first-order valence-electron chi connectivity index (χ1n) is 11.0. The van der Waals surface area contributed by atoms with E-state index in [0.29, 0.717) is 31.9 Å². The highest BCUT2D eigenvalue weighted by Crippen LogP contribution is 2.42. The number of imide groups is 1. The van der Waals surface area contributed by atoms with E-state index in [-0.39, 0.29) is 29.9 Å². The molecular weight excluding hydrogens is 420 g/mol. The van der Waals surface area contributed by atoms with E-state index < -0.39 is 35.0 Å². The van der Waals surface area contributed by atoms with Crippen LogP contribution in [-0.4, -0.2) is 54.6 Å². The molecule has 1 spiro atoms. The summed E-state index contributed by atoms with van der Waals surface area (Å²) in [5.41, 5.74) is -0.345. The average molecular weight is 449 g/mol. The van der Waals surface area contributed by atoms with Gasteiger partial charge >= 0.3 is 6.09 Å². The molecule has 1 aromatic rings. The largest absolute Gasteiger partial charge is 0.444 e. The van der Waals surface area contributed by atoms with Crippen molar-refractivity contribution in [1.29, 1.82) is 0 Å². The molecule has 3 aliphatic heterocycles. The number of ether oxygens (including phenoxy) is 1. The van der Waals surface area contributed by atoms with Crippen LogP contribution >= 0.6 is 0 Å². The summed E-state index contributed by atoms with van der Waals surface area (Å²) in [6.45, 7) is 8.02. The highest BCUT2D eigenvalue weighted by molar-refractivity contribution is 6.01. The number of nitrogens with zero attached hydrogens (tertiary/aromatic N) is 2. The van der Waals surface area contributed by atoms with E-state index in [4.69, 9.17) is 4.74 Å². The zero-order valence-electron chi connectivity index (χ0n) is 18.7.